The van der Waals surface area contributed by atoms with E-state index in [4.69, 9.17) is 10.8 Å². The van der Waals surface area contributed by atoms with E-state index in [-0.39, 0.29) is 5.91 Å². The summed E-state index contributed by atoms with van der Waals surface area (Å²) in [7, 11) is 0. The van der Waals surface area contributed by atoms with Crippen molar-refractivity contribution in [1.82, 2.24) is 4.90 Å². The molecule has 1 aromatic rings. The summed E-state index contributed by atoms with van der Waals surface area (Å²) < 4.78 is 0. The van der Waals surface area contributed by atoms with Gasteiger partial charge in [-0.25, -0.2) is 4.79 Å². The van der Waals surface area contributed by atoms with Crippen molar-refractivity contribution in [3.05, 3.63) is 35.9 Å². The van der Waals surface area contributed by atoms with Crippen LogP contribution in [0.3, 0.4) is 0 Å². The van der Waals surface area contributed by atoms with Crippen LogP contribution in [0.4, 0.5) is 4.79 Å². The van der Waals surface area contributed by atoms with Gasteiger partial charge in [-0.2, -0.15) is 0 Å². The minimum atomic E-state index is -0.786. The molecule has 2 amide bonds. The van der Waals surface area contributed by atoms with Crippen molar-refractivity contribution in [2.24, 2.45) is 5.73 Å². The molecule has 1 aliphatic heterocycles. The molecule has 0 aliphatic carbocycles. The predicted molar refractivity (Wildman–Crippen MR) is 59.2 cm³/mol. The topological polar surface area (TPSA) is 83.6 Å². The smallest absolute Gasteiger partial charge is 0.407 e. The van der Waals surface area contributed by atoms with Gasteiger partial charge in [-0.05, 0) is 18.6 Å². The maximum absolute atomic E-state index is 10.4. The normalized spacial score (nSPS) is 13.1. The van der Waals surface area contributed by atoms with Crippen molar-refractivity contribution in [1.29, 1.82) is 0 Å². The predicted octanol–water partition coefficient (Wildman–Crippen LogP) is 1.16. The number of hydrogen-bond donors (Lipinski definition) is 2. The van der Waals surface area contributed by atoms with E-state index >= 15 is 0 Å². The van der Waals surface area contributed by atoms with Crippen molar-refractivity contribution in [3.63, 3.8) is 0 Å². The van der Waals surface area contributed by atoms with Gasteiger partial charge >= 0.3 is 6.09 Å². The maximum atomic E-state index is 10.4. The Morgan fingerprint density at radius 3 is 1.94 bits per heavy atom. The summed E-state index contributed by atoms with van der Waals surface area (Å²) in [5, 5.41) is 8.16. The highest BCUT2D eigenvalue weighted by molar-refractivity contribution is 5.92. The third kappa shape index (κ3) is 3.61. The molecule has 3 N–H and O–H groups in total. The minimum absolute atomic E-state index is 0.379. The quantitative estimate of drug-likeness (QED) is 0.747. The van der Waals surface area contributed by atoms with Crippen molar-refractivity contribution >= 4 is 12.0 Å². The fourth-order valence-electron chi connectivity index (χ4n) is 1.11. The Bertz CT molecular complexity index is 361. The van der Waals surface area contributed by atoms with E-state index in [0.717, 1.165) is 19.5 Å². The largest absolute Gasteiger partial charge is 0.465 e. The summed E-state index contributed by atoms with van der Waals surface area (Å²) in [6.45, 7) is 1.46. The van der Waals surface area contributed by atoms with E-state index in [2.05, 4.69) is 0 Å². The molecular weight excluding hydrogens is 208 g/mol. The zero-order chi connectivity index (χ0) is 12.0. The van der Waals surface area contributed by atoms with E-state index in [1.54, 1.807) is 24.3 Å². The van der Waals surface area contributed by atoms with E-state index in [1.807, 2.05) is 6.07 Å². The van der Waals surface area contributed by atoms with Gasteiger partial charge in [0.25, 0.3) is 0 Å². The Morgan fingerprint density at radius 1 is 1.19 bits per heavy atom. The van der Waals surface area contributed by atoms with Crippen LogP contribution in [0.15, 0.2) is 30.3 Å². The molecular formula is C11H14N2O3. The summed E-state index contributed by atoms with van der Waals surface area (Å²) in [6.07, 6.45) is 0.248. The number of rotatable bonds is 1. The first kappa shape index (κ1) is 12.0. The first-order valence-corrected chi connectivity index (χ1v) is 4.94. The average molecular weight is 222 g/mol. The Labute approximate surface area is 93.5 Å². The number of nitrogens with two attached hydrogens (primary N) is 1. The van der Waals surface area contributed by atoms with E-state index in [1.165, 1.54) is 4.90 Å². The molecule has 2 rings (SSSR count). The van der Waals surface area contributed by atoms with E-state index < -0.39 is 6.09 Å². The van der Waals surface area contributed by atoms with Crippen LogP contribution in [0.2, 0.25) is 0 Å². The molecule has 5 heteroatoms. The highest BCUT2D eigenvalue weighted by atomic mass is 16.4. The van der Waals surface area contributed by atoms with Crippen LogP contribution < -0.4 is 5.73 Å². The van der Waals surface area contributed by atoms with Gasteiger partial charge in [0.05, 0.1) is 0 Å². The molecule has 1 fully saturated rings. The van der Waals surface area contributed by atoms with Gasteiger partial charge in [-0.3, -0.25) is 4.79 Å². The summed E-state index contributed by atoms with van der Waals surface area (Å²) >= 11 is 0. The van der Waals surface area contributed by atoms with E-state index in [0.29, 0.717) is 5.56 Å². The summed E-state index contributed by atoms with van der Waals surface area (Å²) in [4.78, 5) is 21.7. The monoisotopic (exact) mass is 222 g/mol. The van der Waals surface area contributed by atoms with Crippen LogP contribution in [0, 0.1) is 0 Å². The lowest BCUT2D eigenvalue weighted by Gasteiger charge is -2.27. The number of carbonyl (C=O) groups excluding carboxylic acids is 1. The van der Waals surface area contributed by atoms with Gasteiger partial charge in [0.2, 0.25) is 5.91 Å². The zero-order valence-electron chi connectivity index (χ0n) is 8.80. The number of benzene rings is 1. The van der Waals surface area contributed by atoms with Crippen molar-refractivity contribution in [2.45, 2.75) is 6.42 Å². The molecule has 0 unspecified atom stereocenters. The molecule has 0 saturated carbocycles. The fourth-order valence-corrected chi connectivity index (χ4v) is 1.11. The van der Waals surface area contributed by atoms with Crippen LogP contribution in [-0.4, -0.2) is 35.1 Å². The SMILES string of the molecule is NC(=O)c1ccccc1.O=C(O)N1CCC1. The Balaban J connectivity index is 0.000000165. The van der Waals surface area contributed by atoms with Crippen molar-refractivity contribution < 1.29 is 14.7 Å². The average Bonchev–Trinajstić information content (AvgIpc) is 2.16. The Morgan fingerprint density at radius 2 is 1.75 bits per heavy atom. The summed E-state index contributed by atoms with van der Waals surface area (Å²) in [5.41, 5.74) is 5.53. The van der Waals surface area contributed by atoms with Gasteiger partial charge < -0.3 is 15.7 Å². The van der Waals surface area contributed by atoms with Crippen LogP contribution >= 0.6 is 0 Å². The second-order valence-electron chi connectivity index (χ2n) is 3.35. The standard InChI is InChI=1S/C7H7NO.C4H7NO2/c8-7(9)6-4-2-1-3-5-6;6-4(7)5-2-1-3-5/h1-5H,(H2,8,9);1-3H2,(H,6,7). The highest BCUT2D eigenvalue weighted by Gasteiger charge is 2.17. The Hall–Kier alpha value is -2.04. The minimum Gasteiger partial charge on any atom is -0.465 e. The van der Waals surface area contributed by atoms with Crippen LogP contribution in [0.1, 0.15) is 16.8 Å². The number of hydrogen-bond acceptors (Lipinski definition) is 2. The number of carboxylic acid groups (broad SMARTS) is 1. The molecule has 86 valence electrons. The Kier molecular flexibility index (Phi) is 4.32. The first-order valence-electron chi connectivity index (χ1n) is 4.94. The van der Waals surface area contributed by atoms with Crippen molar-refractivity contribution in [2.75, 3.05) is 13.1 Å². The van der Waals surface area contributed by atoms with Gasteiger partial charge in [-0.1, -0.05) is 18.2 Å². The molecule has 0 atom stereocenters. The van der Waals surface area contributed by atoms with Gasteiger partial charge in [0, 0.05) is 18.7 Å². The van der Waals surface area contributed by atoms with Crippen LogP contribution in [-0.2, 0) is 0 Å². The number of nitrogens with zero attached hydrogens (tertiary/aromatic N) is 1. The molecule has 1 aromatic carbocycles. The van der Waals surface area contributed by atoms with Gasteiger partial charge in [0.15, 0.2) is 0 Å². The molecule has 0 spiro atoms. The van der Waals surface area contributed by atoms with Crippen LogP contribution in [0.5, 0.6) is 0 Å². The number of carbonyl (C=O) groups is 2. The maximum Gasteiger partial charge on any atom is 0.407 e. The lowest BCUT2D eigenvalue weighted by Crippen LogP contribution is -2.40. The molecule has 1 saturated heterocycles. The second kappa shape index (κ2) is 5.75. The summed E-state index contributed by atoms with van der Waals surface area (Å²) in [6, 6.07) is 8.76. The fraction of sp³-hybridized carbons (Fsp3) is 0.273. The number of primary amides is 1. The second-order valence-corrected chi connectivity index (χ2v) is 3.35. The third-order valence-corrected chi connectivity index (χ3v) is 2.18. The molecule has 16 heavy (non-hydrogen) atoms. The molecule has 1 aliphatic rings. The molecule has 5 nitrogen and oxygen atoms in total. The van der Waals surface area contributed by atoms with Crippen molar-refractivity contribution in [3.8, 4) is 0 Å². The number of likely N-dealkylation sites (tertiary alicyclic amines) is 1. The number of amides is 2. The third-order valence-electron chi connectivity index (χ3n) is 2.18. The first-order chi connectivity index (χ1) is 7.61. The summed E-state index contributed by atoms with van der Waals surface area (Å²) in [5.74, 6) is -0.379. The zero-order valence-corrected chi connectivity index (χ0v) is 8.80. The lowest BCUT2D eigenvalue weighted by atomic mass is 10.2. The molecule has 0 aromatic heterocycles. The molecule has 1 heterocycles. The molecule has 0 radical (unpaired) electrons. The van der Waals surface area contributed by atoms with E-state index in [9.17, 15) is 9.59 Å². The lowest BCUT2D eigenvalue weighted by molar-refractivity contribution is 0.1000. The highest BCUT2D eigenvalue weighted by Crippen LogP contribution is 2.03. The molecule has 0 bridgehead atoms. The van der Waals surface area contributed by atoms with Gasteiger partial charge in [-0.15, -0.1) is 0 Å². The van der Waals surface area contributed by atoms with Gasteiger partial charge in [0.1, 0.15) is 0 Å². The van der Waals surface area contributed by atoms with Crippen LogP contribution in [0.25, 0.3) is 0 Å².